The van der Waals surface area contributed by atoms with Crippen LogP contribution in [-0.2, 0) is 14.8 Å². The van der Waals surface area contributed by atoms with Gasteiger partial charge in [-0.3, -0.25) is 4.79 Å². The summed E-state index contributed by atoms with van der Waals surface area (Å²) < 4.78 is 27.7. The molecular formula is C17H18ClN3O3S2. The van der Waals surface area contributed by atoms with E-state index in [0.29, 0.717) is 36.9 Å². The average Bonchev–Trinajstić information content (AvgIpc) is 3.22. The Morgan fingerprint density at radius 2 is 1.77 bits per heavy atom. The van der Waals surface area contributed by atoms with Crippen LogP contribution in [0.25, 0.3) is 0 Å². The number of benzene rings is 1. The summed E-state index contributed by atoms with van der Waals surface area (Å²) in [5, 5.41) is 2.92. The number of halogens is 1. The van der Waals surface area contributed by atoms with Crippen molar-refractivity contribution < 1.29 is 13.2 Å². The third-order valence-electron chi connectivity index (χ3n) is 5.10. The molecule has 0 aliphatic carbocycles. The summed E-state index contributed by atoms with van der Waals surface area (Å²) in [6.07, 6.45) is 0.901. The van der Waals surface area contributed by atoms with Crippen molar-refractivity contribution in [3.05, 3.63) is 46.8 Å². The second kappa shape index (κ2) is 6.53. The predicted octanol–water partition coefficient (Wildman–Crippen LogP) is 2.52. The molecule has 3 heterocycles. The average molecular weight is 412 g/mol. The Morgan fingerprint density at radius 3 is 2.38 bits per heavy atom. The monoisotopic (exact) mass is 411 g/mol. The van der Waals surface area contributed by atoms with Gasteiger partial charge in [0, 0.05) is 18.8 Å². The molecule has 6 nitrogen and oxygen atoms in total. The lowest BCUT2D eigenvalue weighted by Gasteiger charge is -2.42. The first kappa shape index (κ1) is 17.8. The van der Waals surface area contributed by atoms with Gasteiger partial charge >= 0.3 is 0 Å². The molecule has 1 aromatic carbocycles. The molecule has 2 aliphatic heterocycles. The number of carbonyl (C=O) groups is 1. The van der Waals surface area contributed by atoms with E-state index in [2.05, 4.69) is 10.2 Å². The molecule has 9 heteroatoms. The third-order valence-corrected chi connectivity index (χ3v) is 8.69. The summed E-state index contributed by atoms with van der Waals surface area (Å²) in [5.74, 6) is -0.0300. The van der Waals surface area contributed by atoms with E-state index in [1.807, 2.05) is 30.3 Å². The maximum Gasteiger partial charge on any atom is 0.252 e. The highest BCUT2D eigenvalue weighted by Gasteiger charge is 2.51. The zero-order valence-electron chi connectivity index (χ0n) is 13.9. The first-order chi connectivity index (χ1) is 12.4. The van der Waals surface area contributed by atoms with Crippen molar-refractivity contribution in [2.75, 3.05) is 24.7 Å². The van der Waals surface area contributed by atoms with Crippen LogP contribution >= 0.6 is 22.9 Å². The quantitative estimate of drug-likeness (QED) is 0.842. The minimum absolute atomic E-state index is 0.0300. The van der Waals surface area contributed by atoms with Crippen LogP contribution in [-0.4, -0.2) is 43.9 Å². The van der Waals surface area contributed by atoms with Gasteiger partial charge in [-0.05, 0) is 37.1 Å². The SMILES string of the molecule is O=C1NCN(c2ccccc2)C12CCN(S(=O)(=O)c1ccc(Cl)s1)CC2. The number of hydrogen-bond acceptors (Lipinski definition) is 5. The number of carbonyl (C=O) groups excluding carboxylic acids is 1. The second-order valence-corrected chi connectivity index (χ2v) is 10.3. The third kappa shape index (κ3) is 2.81. The Morgan fingerprint density at radius 1 is 1.08 bits per heavy atom. The predicted molar refractivity (Wildman–Crippen MR) is 102 cm³/mol. The number of amides is 1. The lowest BCUT2D eigenvalue weighted by Crippen LogP contribution is -2.57. The van der Waals surface area contributed by atoms with Gasteiger partial charge in [-0.2, -0.15) is 4.31 Å². The highest BCUT2D eigenvalue weighted by atomic mass is 35.5. The van der Waals surface area contributed by atoms with E-state index < -0.39 is 15.6 Å². The fourth-order valence-corrected chi connectivity index (χ4v) is 6.77. The Balaban J connectivity index is 1.57. The van der Waals surface area contributed by atoms with Crippen LogP contribution in [0.15, 0.2) is 46.7 Å². The summed E-state index contributed by atoms with van der Waals surface area (Å²) in [7, 11) is -3.57. The van der Waals surface area contributed by atoms with Crippen molar-refractivity contribution in [3.63, 3.8) is 0 Å². The van der Waals surface area contributed by atoms with Crippen LogP contribution in [0.4, 0.5) is 5.69 Å². The molecule has 26 heavy (non-hydrogen) atoms. The van der Waals surface area contributed by atoms with Crippen LogP contribution in [0.1, 0.15) is 12.8 Å². The minimum Gasteiger partial charge on any atom is -0.339 e. The smallest absolute Gasteiger partial charge is 0.252 e. The largest absolute Gasteiger partial charge is 0.339 e. The molecule has 2 aromatic rings. The van der Waals surface area contributed by atoms with Crippen LogP contribution in [0.3, 0.4) is 0 Å². The van der Waals surface area contributed by atoms with Crippen molar-refractivity contribution >= 4 is 44.6 Å². The number of hydrogen-bond donors (Lipinski definition) is 1. The molecule has 0 saturated carbocycles. The van der Waals surface area contributed by atoms with Gasteiger partial charge in [-0.25, -0.2) is 8.42 Å². The minimum atomic E-state index is -3.57. The van der Waals surface area contributed by atoms with Gasteiger partial charge in [0.05, 0.1) is 11.0 Å². The van der Waals surface area contributed by atoms with Crippen molar-refractivity contribution in [1.29, 1.82) is 0 Å². The Kier molecular flexibility index (Phi) is 4.46. The Labute approximate surface area is 161 Å². The fraction of sp³-hybridized carbons (Fsp3) is 0.353. The molecule has 2 saturated heterocycles. The maximum atomic E-state index is 12.8. The first-order valence-corrected chi connectivity index (χ1v) is 10.9. The number of anilines is 1. The summed E-state index contributed by atoms with van der Waals surface area (Å²) >= 11 is 6.94. The molecule has 2 fully saturated rings. The number of nitrogens with zero attached hydrogens (tertiary/aromatic N) is 2. The Bertz CT molecular complexity index is 922. The van der Waals surface area contributed by atoms with Gasteiger partial charge in [-0.15, -0.1) is 11.3 Å². The Hall–Kier alpha value is -1.61. The van der Waals surface area contributed by atoms with E-state index in [9.17, 15) is 13.2 Å². The second-order valence-electron chi connectivity index (χ2n) is 6.42. The zero-order valence-corrected chi connectivity index (χ0v) is 16.3. The molecule has 2 aliphatic rings. The molecule has 138 valence electrons. The van der Waals surface area contributed by atoms with E-state index in [1.54, 1.807) is 6.07 Å². The molecule has 4 rings (SSSR count). The molecule has 1 amide bonds. The maximum absolute atomic E-state index is 12.8. The topological polar surface area (TPSA) is 69.7 Å². The fourth-order valence-electron chi connectivity index (χ4n) is 3.69. The van der Waals surface area contributed by atoms with Crippen LogP contribution in [0.2, 0.25) is 4.34 Å². The summed E-state index contributed by atoms with van der Waals surface area (Å²) in [5.41, 5.74) is 0.271. The number of sulfonamides is 1. The van der Waals surface area contributed by atoms with E-state index in [4.69, 9.17) is 11.6 Å². The number of nitrogens with one attached hydrogen (secondary N) is 1. The lowest BCUT2D eigenvalue weighted by molar-refractivity contribution is -0.124. The molecule has 1 aromatic heterocycles. The van der Waals surface area contributed by atoms with E-state index >= 15 is 0 Å². The van der Waals surface area contributed by atoms with Crippen molar-refractivity contribution in [2.45, 2.75) is 22.6 Å². The lowest BCUT2D eigenvalue weighted by atomic mass is 9.86. The molecule has 0 bridgehead atoms. The first-order valence-electron chi connectivity index (χ1n) is 8.30. The number of piperidine rings is 1. The van der Waals surface area contributed by atoms with Gasteiger partial charge < -0.3 is 10.2 Å². The summed E-state index contributed by atoms with van der Waals surface area (Å²) in [4.78, 5) is 14.7. The zero-order chi connectivity index (χ0) is 18.4. The molecule has 1 N–H and O–H groups in total. The van der Waals surface area contributed by atoms with Crippen LogP contribution in [0.5, 0.6) is 0 Å². The van der Waals surface area contributed by atoms with Crippen molar-refractivity contribution in [2.24, 2.45) is 0 Å². The molecule has 0 atom stereocenters. The van der Waals surface area contributed by atoms with Gasteiger partial charge in [0.25, 0.3) is 10.0 Å². The van der Waals surface area contributed by atoms with Gasteiger partial charge in [0.15, 0.2) is 0 Å². The molecule has 0 radical (unpaired) electrons. The van der Waals surface area contributed by atoms with Crippen LogP contribution < -0.4 is 10.2 Å². The van der Waals surface area contributed by atoms with Crippen molar-refractivity contribution in [3.8, 4) is 0 Å². The summed E-state index contributed by atoms with van der Waals surface area (Å²) in [6.45, 7) is 1.04. The highest BCUT2D eigenvalue weighted by Crippen LogP contribution is 2.38. The number of para-hydroxylation sites is 1. The normalized spacial score (nSPS) is 20.5. The molecular weight excluding hydrogens is 394 g/mol. The van der Waals surface area contributed by atoms with Gasteiger partial charge in [0.1, 0.15) is 9.75 Å². The number of rotatable bonds is 3. The van der Waals surface area contributed by atoms with E-state index in [1.165, 1.54) is 10.4 Å². The van der Waals surface area contributed by atoms with Gasteiger partial charge in [-0.1, -0.05) is 29.8 Å². The van der Waals surface area contributed by atoms with Gasteiger partial charge in [0.2, 0.25) is 5.91 Å². The van der Waals surface area contributed by atoms with Crippen molar-refractivity contribution in [1.82, 2.24) is 9.62 Å². The number of thiophene rings is 1. The highest BCUT2D eigenvalue weighted by molar-refractivity contribution is 7.91. The van der Waals surface area contributed by atoms with E-state index in [-0.39, 0.29) is 10.1 Å². The standard InChI is InChI=1S/C17H18ClN3O3S2/c18-14-6-7-15(25-14)26(23,24)20-10-8-17(9-11-20)16(22)19-12-21(17)13-4-2-1-3-5-13/h1-7H,8-12H2,(H,19,22). The summed E-state index contributed by atoms with van der Waals surface area (Å²) in [6, 6.07) is 12.9. The van der Waals surface area contributed by atoms with E-state index in [0.717, 1.165) is 17.0 Å². The molecule has 1 spiro atoms. The molecule has 0 unspecified atom stereocenters. The van der Waals surface area contributed by atoms with Crippen LogP contribution in [0, 0.1) is 0 Å².